The molecule has 0 aliphatic carbocycles. The normalized spacial score (nSPS) is 16.3. The number of rotatable bonds is 7. The number of hydrogen-bond acceptors (Lipinski definition) is 4. The average molecular weight is 376 g/mol. The van der Waals surface area contributed by atoms with Crippen molar-refractivity contribution in [2.45, 2.75) is 25.6 Å². The zero-order valence-electron chi connectivity index (χ0n) is 14.7. The van der Waals surface area contributed by atoms with Crippen LogP contribution < -0.4 is 14.8 Å². The van der Waals surface area contributed by atoms with Gasteiger partial charge in [0, 0.05) is 23.7 Å². The summed E-state index contributed by atoms with van der Waals surface area (Å²) in [6.45, 7) is 1.68. The predicted octanol–water partition coefficient (Wildman–Crippen LogP) is 3.84. The van der Waals surface area contributed by atoms with Gasteiger partial charge in [0.05, 0.1) is 13.2 Å². The van der Waals surface area contributed by atoms with Gasteiger partial charge in [0.25, 0.3) is 5.91 Å². The van der Waals surface area contributed by atoms with Crippen LogP contribution in [-0.2, 0) is 11.3 Å². The lowest BCUT2D eigenvalue weighted by molar-refractivity contribution is 0.0857. The number of nitrogens with one attached hydrogen (secondary N) is 1. The van der Waals surface area contributed by atoms with Gasteiger partial charge in [0.1, 0.15) is 6.61 Å². The van der Waals surface area contributed by atoms with E-state index in [0.717, 1.165) is 25.0 Å². The van der Waals surface area contributed by atoms with Crippen LogP contribution in [0.25, 0.3) is 0 Å². The molecule has 1 fully saturated rings. The second-order valence-corrected chi connectivity index (χ2v) is 6.56. The van der Waals surface area contributed by atoms with Crippen molar-refractivity contribution in [3.63, 3.8) is 0 Å². The summed E-state index contributed by atoms with van der Waals surface area (Å²) in [6, 6.07) is 12.6. The molecular weight excluding hydrogens is 354 g/mol. The lowest BCUT2D eigenvalue weighted by Gasteiger charge is -2.14. The Hall–Kier alpha value is -2.24. The van der Waals surface area contributed by atoms with Crippen molar-refractivity contribution >= 4 is 17.5 Å². The van der Waals surface area contributed by atoms with Gasteiger partial charge in [-0.1, -0.05) is 23.7 Å². The Morgan fingerprint density at radius 2 is 2.04 bits per heavy atom. The van der Waals surface area contributed by atoms with Crippen molar-refractivity contribution in [1.29, 1.82) is 0 Å². The van der Waals surface area contributed by atoms with Crippen LogP contribution in [-0.4, -0.2) is 32.3 Å². The van der Waals surface area contributed by atoms with E-state index < -0.39 is 0 Å². The Kier molecular flexibility index (Phi) is 6.36. The third kappa shape index (κ3) is 4.90. The van der Waals surface area contributed by atoms with Crippen LogP contribution in [0.1, 0.15) is 28.8 Å². The molecule has 1 atom stereocenters. The third-order valence-electron chi connectivity index (χ3n) is 4.25. The van der Waals surface area contributed by atoms with Gasteiger partial charge in [-0.3, -0.25) is 4.79 Å². The first-order chi connectivity index (χ1) is 12.7. The maximum atomic E-state index is 12.3. The van der Waals surface area contributed by atoms with Gasteiger partial charge in [-0.2, -0.15) is 0 Å². The molecule has 2 aromatic rings. The summed E-state index contributed by atoms with van der Waals surface area (Å²) in [7, 11) is 1.55. The Labute approximate surface area is 158 Å². The van der Waals surface area contributed by atoms with E-state index in [9.17, 15) is 4.79 Å². The minimum absolute atomic E-state index is 0.114. The van der Waals surface area contributed by atoms with Crippen LogP contribution >= 0.6 is 11.6 Å². The minimum atomic E-state index is -0.150. The quantitative estimate of drug-likeness (QED) is 0.798. The molecule has 1 N–H and O–H groups in total. The zero-order valence-corrected chi connectivity index (χ0v) is 15.4. The molecule has 3 rings (SSSR count). The van der Waals surface area contributed by atoms with Crippen LogP contribution in [0.15, 0.2) is 42.5 Å². The Morgan fingerprint density at radius 3 is 2.73 bits per heavy atom. The van der Waals surface area contributed by atoms with Crippen molar-refractivity contribution < 1.29 is 19.0 Å². The topological polar surface area (TPSA) is 56.8 Å². The predicted molar refractivity (Wildman–Crippen MR) is 100 cm³/mol. The number of methoxy groups -OCH3 is 1. The highest BCUT2D eigenvalue weighted by atomic mass is 35.5. The fourth-order valence-corrected chi connectivity index (χ4v) is 2.91. The second-order valence-electron chi connectivity index (χ2n) is 6.13. The van der Waals surface area contributed by atoms with E-state index in [1.807, 2.05) is 24.3 Å². The molecule has 2 aromatic carbocycles. The van der Waals surface area contributed by atoms with Crippen LogP contribution in [0, 0.1) is 0 Å². The maximum Gasteiger partial charge on any atom is 0.251 e. The highest BCUT2D eigenvalue weighted by molar-refractivity contribution is 6.30. The summed E-state index contributed by atoms with van der Waals surface area (Å²) < 4.78 is 16.7. The third-order valence-corrected chi connectivity index (χ3v) is 4.50. The van der Waals surface area contributed by atoms with E-state index >= 15 is 0 Å². The van der Waals surface area contributed by atoms with Gasteiger partial charge >= 0.3 is 0 Å². The number of halogens is 1. The molecule has 138 valence electrons. The summed E-state index contributed by atoms with van der Waals surface area (Å²) in [5.41, 5.74) is 1.52. The van der Waals surface area contributed by atoms with E-state index in [2.05, 4.69) is 5.32 Å². The molecule has 1 amide bonds. The molecule has 1 aliphatic rings. The van der Waals surface area contributed by atoms with E-state index in [1.165, 1.54) is 0 Å². The maximum absolute atomic E-state index is 12.3. The smallest absolute Gasteiger partial charge is 0.251 e. The van der Waals surface area contributed by atoms with Crippen molar-refractivity contribution in [2.24, 2.45) is 0 Å². The van der Waals surface area contributed by atoms with Gasteiger partial charge in [0.15, 0.2) is 11.5 Å². The molecule has 5 nitrogen and oxygen atoms in total. The SMILES string of the molecule is COc1cc(C(=O)NC[C@@H]2CCCO2)ccc1OCc1ccc(Cl)cc1. The highest BCUT2D eigenvalue weighted by Crippen LogP contribution is 2.29. The van der Waals surface area contributed by atoms with Crippen molar-refractivity contribution in [3.8, 4) is 11.5 Å². The van der Waals surface area contributed by atoms with Gasteiger partial charge < -0.3 is 19.5 Å². The van der Waals surface area contributed by atoms with Crippen molar-refractivity contribution in [2.75, 3.05) is 20.3 Å². The number of hydrogen-bond donors (Lipinski definition) is 1. The second kappa shape index (κ2) is 8.92. The molecule has 0 radical (unpaired) electrons. The fourth-order valence-electron chi connectivity index (χ4n) is 2.78. The van der Waals surface area contributed by atoms with E-state index in [-0.39, 0.29) is 12.0 Å². The van der Waals surface area contributed by atoms with Crippen LogP contribution in [0.5, 0.6) is 11.5 Å². The molecule has 0 spiro atoms. The molecule has 6 heteroatoms. The molecular formula is C20H22ClNO4. The number of carbonyl (C=O) groups excluding carboxylic acids is 1. The van der Waals surface area contributed by atoms with Gasteiger partial charge in [-0.25, -0.2) is 0 Å². The van der Waals surface area contributed by atoms with Crippen LogP contribution in [0.2, 0.25) is 5.02 Å². The summed E-state index contributed by atoms with van der Waals surface area (Å²) in [4.78, 5) is 12.3. The van der Waals surface area contributed by atoms with Gasteiger partial charge in [-0.15, -0.1) is 0 Å². The molecule has 0 unspecified atom stereocenters. The minimum Gasteiger partial charge on any atom is -0.493 e. The number of carbonyl (C=O) groups is 1. The zero-order chi connectivity index (χ0) is 18.4. The van der Waals surface area contributed by atoms with E-state index in [4.69, 9.17) is 25.8 Å². The Balaban J connectivity index is 1.60. The first-order valence-corrected chi connectivity index (χ1v) is 8.98. The standard InChI is InChI=1S/C20H22ClNO4/c1-24-19-11-15(20(23)22-12-17-3-2-10-25-17)6-9-18(19)26-13-14-4-7-16(21)8-5-14/h4-9,11,17H,2-3,10,12-13H2,1H3,(H,22,23)/t17-/m0/s1. The van der Waals surface area contributed by atoms with Crippen LogP contribution in [0.4, 0.5) is 0 Å². The highest BCUT2D eigenvalue weighted by Gasteiger charge is 2.17. The molecule has 1 heterocycles. The monoisotopic (exact) mass is 375 g/mol. The largest absolute Gasteiger partial charge is 0.493 e. The van der Waals surface area contributed by atoms with Gasteiger partial charge in [-0.05, 0) is 48.7 Å². The first kappa shape index (κ1) is 18.5. The fraction of sp³-hybridized carbons (Fsp3) is 0.350. The summed E-state index contributed by atoms with van der Waals surface area (Å²) >= 11 is 5.88. The number of ether oxygens (including phenoxy) is 3. The number of amides is 1. The molecule has 26 heavy (non-hydrogen) atoms. The Bertz CT molecular complexity index is 742. The average Bonchev–Trinajstić information content (AvgIpc) is 3.19. The summed E-state index contributed by atoms with van der Waals surface area (Å²) in [5.74, 6) is 0.949. The summed E-state index contributed by atoms with van der Waals surface area (Å²) in [5, 5.41) is 3.59. The van der Waals surface area contributed by atoms with Crippen molar-refractivity contribution in [3.05, 3.63) is 58.6 Å². The van der Waals surface area contributed by atoms with Gasteiger partial charge in [0.2, 0.25) is 0 Å². The first-order valence-electron chi connectivity index (χ1n) is 8.61. The van der Waals surface area contributed by atoms with E-state index in [1.54, 1.807) is 25.3 Å². The lowest BCUT2D eigenvalue weighted by atomic mass is 10.1. The lowest BCUT2D eigenvalue weighted by Crippen LogP contribution is -2.31. The Morgan fingerprint density at radius 1 is 1.23 bits per heavy atom. The van der Waals surface area contributed by atoms with Crippen molar-refractivity contribution in [1.82, 2.24) is 5.32 Å². The van der Waals surface area contributed by atoms with E-state index in [0.29, 0.717) is 35.2 Å². The molecule has 1 saturated heterocycles. The number of benzene rings is 2. The molecule has 0 aromatic heterocycles. The molecule has 1 aliphatic heterocycles. The summed E-state index contributed by atoms with van der Waals surface area (Å²) in [6.07, 6.45) is 2.15. The molecule has 0 bridgehead atoms. The molecule has 0 saturated carbocycles. The van der Waals surface area contributed by atoms with Crippen LogP contribution in [0.3, 0.4) is 0 Å².